The van der Waals surface area contributed by atoms with Gasteiger partial charge in [0.05, 0.1) is 11.5 Å². The van der Waals surface area contributed by atoms with Gasteiger partial charge in [-0.2, -0.15) is 0 Å². The average Bonchev–Trinajstić information content (AvgIpc) is 3.04. The molecule has 1 aliphatic rings. The van der Waals surface area contributed by atoms with E-state index in [2.05, 4.69) is 5.32 Å². The molecule has 3 N–H and O–H groups in total. The number of nitrogens with one attached hydrogen (secondary N) is 1. The summed E-state index contributed by atoms with van der Waals surface area (Å²) in [5.74, 6) is -1.65. The van der Waals surface area contributed by atoms with E-state index < -0.39 is 22.3 Å². The molecule has 2 aromatic rings. The van der Waals surface area contributed by atoms with Crippen molar-refractivity contribution in [1.29, 1.82) is 0 Å². The standard InChI is InChI=1S/C23H25N3O6/c1-16(23(30)19-14-18(26(31)32)10-11-20(19)24-22(23)29)6-5-9-21(28)25(12-13-27)15-17-7-3-2-4-8-17/h2-8,10-11,14,16,27,30H,9,12-13,15H2,1H3,(H,24,29)/b6-5+/t16-,23+/m1/s1. The summed E-state index contributed by atoms with van der Waals surface area (Å²) in [5.41, 5.74) is -0.842. The van der Waals surface area contributed by atoms with Crippen molar-refractivity contribution in [3.8, 4) is 0 Å². The number of hydrogen-bond acceptors (Lipinski definition) is 6. The number of anilines is 1. The first kappa shape index (κ1) is 23.1. The van der Waals surface area contributed by atoms with E-state index in [1.54, 1.807) is 19.1 Å². The summed E-state index contributed by atoms with van der Waals surface area (Å²) in [6, 6.07) is 13.2. The number of carbonyl (C=O) groups excluding carboxylic acids is 2. The maximum absolute atomic E-state index is 12.6. The topological polar surface area (TPSA) is 133 Å². The Kier molecular flexibility index (Phi) is 7.01. The Hall–Kier alpha value is -3.56. The second-order valence-corrected chi connectivity index (χ2v) is 7.65. The number of non-ortho nitro benzene ring substituents is 1. The quantitative estimate of drug-likeness (QED) is 0.312. The number of rotatable bonds is 9. The van der Waals surface area contributed by atoms with E-state index >= 15 is 0 Å². The van der Waals surface area contributed by atoms with E-state index in [4.69, 9.17) is 0 Å². The Morgan fingerprint density at radius 1 is 1.28 bits per heavy atom. The van der Waals surface area contributed by atoms with Gasteiger partial charge in [-0.1, -0.05) is 49.4 Å². The fraction of sp³-hybridized carbons (Fsp3) is 0.304. The van der Waals surface area contributed by atoms with Crippen LogP contribution in [0.1, 0.15) is 24.5 Å². The van der Waals surface area contributed by atoms with Gasteiger partial charge in [0, 0.05) is 48.8 Å². The molecule has 0 saturated carbocycles. The molecule has 1 aliphatic heterocycles. The molecule has 3 rings (SSSR count). The Labute approximate surface area is 185 Å². The lowest BCUT2D eigenvalue weighted by atomic mass is 9.82. The van der Waals surface area contributed by atoms with Crippen LogP contribution < -0.4 is 5.32 Å². The van der Waals surface area contributed by atoms with Crippen LogP contribution in [0, 0.1) is 16.0 Å². The van der Waals surface area contributed by atoms with Crippen molar-refractivity contribution in [3.05, 3.63) is 81.9 Å². The molecule has 2 atom stereocenters. The lowest BCUT2D eigenvalue weighted by Gasteiger charge is -2.26. The average molecular weight is 439 g/mol. The van der Waals surface area contributed by atoms with Gasteiger partial charge in [0.1, 0.15) is 0 Å². The van der Waals surface area contributed by atoms with E-state index in [0.717, 1.165) is 5.56 Å². The molecule has 9 nitrogen and oxygen atoms in total. The minimum absolute atomic E-state index is 0.0106. The van der Waals surface area contributed by atoms with E-state index in [0.29, 0.717) is 12.2 Å². The molecule has 2 aromatic carbocycles. The summed E-state index contributed by atoms with van der Waals surface area (Å²) < 4.78 is 0. The number of nitro benzene ring substituents is 1. The van der Waals surface area contributed by atoms with Crippen LogP contribution in [-0.2, 0) is 21.7 Å². The second-order valence-electron chi connectivity index (χ2n) is 7.65. The van der Waals surface area contributed by atoms with Crippen LogP contribution in [0.3, 0.4) is 0 Å². The molecule has 2 amide bonds. The number of carbonyl (C=O) groups is 2. The first-order valence-corrected chi connectivity index (χ1v) is 10.2. The molecular formula is C23H25N3O6. The van der Waals surface area contributed by atoms with Crippen molar-refractivity contribution in [2.45, 2.75) is 25.5 Å². The molecule has 0 bridgehead atoms. The fourth-order valence-corrected chi connectivity index (χ4v) is 3.72. The zero-order valence-corrected chi connectivity index (χ0v) is 17.6. The van der Waals surface area contributed by atoms with Crippen molar-refractivity contribution in [3.63, 3.8) is 0 Å². The van der Waals surface area contributed by atoms with Gasteiger partial charge >= 0.3 is 0 Å². The van der Waals surface area contributed by atoms with Gasteiger partial charge in [-0.05, 0) is 11.6 Å². The molecule has 9 heteroatoms. The van der Waals surface area contributed by atoms with Gasteiger partial charge in [0.25, 0.3) is 11.6 Å². The molecule has 0 aliphatic carbocycles. The summed E-state index contributed by atoms with van der Waals surface area (Å²) in [4.78, 5) is 37.2. The Bertz CT molecular complexity index is 1040. The Morgan fingerprint density at radius 2 is 2.00 bits per heavy atom. The lowest BCUT2D eigenvalue weighted by Crippen LogP contribution is -2.39. The lowest BCUT2D eigenvalue weighted by molar-refractivity contribution is -0.385. The van der Waals surface area contributed by atoms with Crippen LogP contribution >= 0.6 is 0 Å². The fourth-order valence-electron chi connectivity index (χ4n) is 3.72. The number of fused-ring (bicyclic) bond motifs is 1. The number of nitrogens with zero attached hydrogens (tertiary/aromatic N) is 2. The van der Waals surface area contributed by atoms with Crippen molar-refractivity contribution in [1.82, 2.24) is 4.90 Å². The van der Waals surface area contributed by atoms with E-state index in [9.17, 15) is 29.9 Å². The number of nitro groups is 1. The van der Waals surface area contributed by atoms with E-state index in [-0.39, 0.29) is 36.7 Å². The van der Waals surface area contributed by atoms with Crippen LogP contribution in [-0.4, -0.2) is 45.0 Å². The van der Waals surface area contributed by atoms with Gasteiger partial charge in [-0.3, -0.25) is 19.7 Å². The largest absolute Gasteiger partial charge is 0.395 e. The molecule has 168 valence electrons. The summed E-state index contributed by atoms with van der Waals surface area (Å²) >= 11 is 0. The number of benzene rings is 2. The van der Waals surface area contributed by atoms with Gasteiger partial charge in [-0.15, -0.1) is 0 Å². The van der Waals surface area contributed by atoms with Gasteiger partial charge < -0.3 is 20.4 Å². The van der Waals surface area contributed by atoms with Crippen molar-refractivity contribution in [2.75, 3.05) is 18.5 Å². The third kappa shape index (κ3) is 4.68. The molecule has 1 heterocycles. The summed E-state index contributed by atoms with van der Waals surface area (Å²) in [6.45, 7) is 1.96. The summed E-state index contributed by atoms with van der Waals surface area (Å²) in [6.07, 6.45) is 3.12. The second kappa shape index (κ2) is 9.71. The molecule has 0 saturated heterocycles. The predicted octanol–water partition coefficient (Wildman–Crippen LogP) is 2.34. The normalized spacial score (nSPS) is 18.3. The highest BCUT2D eigenvalue weighted by Crippen LogP contribution is 2.43. The Balaban J connectivity index is 1.72. The molecule has 0 radical (unpaired) electrons. The summed E-state index contributed by atoms with van der Waals surface area (Å²) in [5, 5.41) is 34.1. The third-order valence-corrected chi connectivity index (χ3v) is 5.53. The molecule has 0 fully saturated rings. The molecule has 0 unspecified atom stereocenters. The Morgan fingerprint density at radius 3 is 2.66 bits per heavy atom. The van der Waals surface area contributed by atoms with Crippen LogP contribution in [0.4, 0.5) is 11.4 Å². The first-order chi connectivity index (χ1) is 15.3. The zero-order chi connectivity index (χ0) is 23.3. The molecule has 32 heavy (non-hydrogen) atoms. The number of aliphatic hydroxyl groups excluding tert-OH is 1. The maximum Gasteiger partial charge on any atom is 0.269 e. The van der Waals surface area contributed by atoms with Gasteiger partial charge in [-0.25, -0.2) is 0 Å². The molecule has 0 spiro atoms. The van der Waals surface area contributed by atoms with Crippen molar-refractivity contribution >= 4 is 23.2 Å². The number of aliphatic hydroxyl groups is 2. The minimum Gasteiger partial charge on any atom is -0.395 e. The highest BCUT2D eigenvalue weighted by molar-refractivity contribution is 6.05. The van der Waals surface area contributed by atoms with Crippen LogP contribution in [0.2, 0.25) is 0 Å². The predicted molar refractivity (Wildman–Crippen MR) is 117 cm³/mol. The van der Waals surface area contributed by atoms with Crippen molar-refractivity contribution < 1.29 is 24.7 Å². The molecule has 0 aromatic heterocycles. The van der Waals surface area contributed by atoms with Crippen LogP contribution in [0.5, 0.6) is 0 Å². The van der Waals surface area contributed by atoms with E-state index in [1.165, 1.54) is 23.1 Å². The van der Waals surface area contributed by atoms with Gasteiger partial charge in [0.15, 0.2) is 5.60 Å². The third-order valence-electron chi connectivity index (χ3n) is 5.53. The maximum atomic E-state index is 12.6. The zero-order valence-electron chi connectivity index (χ0n) is 17.6. The monoisotopic (exact) mass is 439 g/mol. The minimum atomic E-state index is -1.99. The van der Waals surface area contributed by atoms with Gasteiger partial charge in [0.2, 0.25) is 5.91 Å². The highest BCUT2D eigenvalue weighted by atomic mass is 16.6. The van der Waals surface area contributed by atoms with Crippen LogP contribution in [0.15, 0.2) is 60.7 Å². The first-order valence-electron chi connectivity index (χ1n) is 10.2. The number of hydrogen-bond donors (Lipinski definition) is 3. The number of amides is 2. The van der Waals surface area contributed by atoms with Crippen molar-refractivity contribution in [2.24, 2.45) is 5.92 Å². The smallest absolute Gasteiger partial charge is 0.269 e. The van der Waals surface area contributed by atoms with E-state index in [1.807, 2.05) is 30.3 Å². The SMILES string of the molecule is C[C@H](/C=C/CC(=O)N(CCO)Cc1ccccc1)[C@@]1(O)C(=O)Nc2ccc([N+](=O)[O-])cc21. The highest BCUT2D eigenvalue weighted by Gasteiger charge is 2.49. The molecular weight excluding hydrogens is 414 g/mol. The van der Waals surface area contributed by atoms with Crippen LogP contribution in [0.25, 0.3) is 0 Å². The summed E-state index contributed by atoms with van der Waals surface area (Å²) in [7, 11) is 0.